The first kappa shape index (κ1) is 19.1. The van der Waals surface area contributed by atoms with E-state index < -0.39 is 4.92 Å². The zero-order valence-corrected chi connectivity index (χ0v) is 15.8. The van der Waals surface area contributed by atoms with Crippen LogP contribution >= 0.6 is 0 Å². The summed E-state index contributed by atoms with van der Waals surface area (Å²) in [7, 11) is 1.56. The van der Waals surface area contributed by atoms with Gasteiger partial charge in [-0.05, 0) is 37.6 Å². The molecule has 0 unspecified atom stereocenters. The molecule has 1 amide bonds. The Balaban J connectivity index is 1.88. The van der Waals surface area contributed by atoms with Gasteiger partial charge in [-0.15, -0.1) is 0 Å². The van der Waals surface area contributed by atoms with E-state index in [1.54, 1.807) is 62.0 Å². The number of carbonyl (C=O) groups is 1. The first-order chi connectivity index (χ1) is 13.4. The highest BCUT2D eigenvalue weighted by atomic mass is 16.6. The number of rotatable bonds is 6. The minimum Gasteiger partial charge on any atom is -0.497 e. The van der Waals surface area contributed by atoms with E-state index in [0.717, 1.165) is 0 Å². The molecule has 2 aromatic carbocycles. The van der Waals surface area contributed by atoms with Crippen LogP contribution < -0.4 is 10.1 Å². The number of amides is 1. The predicted molar refractivity (Wildman–Crippen MR) is 105 cm³/mol. The average molecular weight is 380 g/mol. The third-order valence-corrected chi connectivity index (χ3v) is 4.44. The lowest BCUT2D eigenvalue weighted by Crippen LogP contribution is -2.16. The van der Waals surface area contributed by atoms with E-state index in [4.69, 9.17) is 4.74 Å². The number of hydrogen-bond donors (Lipinski definition) is 1. The second-order valence-electron chi connectivity index (χ2n) is 6.28. The number of carbonyl (C=O) groups excluding carboxylic acids is 1. The summed E-state index contributed by atoms with van der Waals surface area (Å²) >= 11 is 0. The van der Waals surface area contributed by atoms with Crippen molar-refractivity contribution in [3.63, 3.8) is 0 Å². The van der Waals surface area contributed by atoms with Crippen molar-refractivity contribution < 1.29 is 14.5 Å². The number of methoxy groups -OCH3 is 1. The van der Waals surface area contributed by atoms with Crippen molar-refractivity contribution in [1.29, 1.82) is 0 Å². The Hall–Kier alpha value is -3.68. The van der Waals surface area contributed by atoms with Crippen LogP contribution in [0.2, 0.25) is 0 Å². The maximum Gasteiger partial charge on any atom is 0.312 e. The van der Waals surface area contributed by atoms with E-state index in [9.17, 15) is 14.9 Å². The summed E-state index contributed by atoms with van der Waals surface area (Å²) in [5, 5.41) is 18.3. The lowest BCUT2D eigenvalue weighted by atomic mass is 10.1. The van der Waals surface area contributed by atoms with Gasteiger partial charge in [0.2, 0.25) is 0 Å². The third-order valence-electron chi connectivity index (χ3n) is 4.44. The van der Waals surface area contributed by atoms with Crippen LogP contribution in [0.15, 0.2) is 48.5 Å². The first-order valence-electron chi connectivity index (χ1n) is 8.62. The van der Waals surface area contributed by atoms with Gasteiger partial charge in [0.05, 0.1) is 18.6 Å². The van der Waals surface area contributed by atoms with Gasteiger partial charge in [0.15, 0.2) is 0 Å². The Bertz CT molecular complexity index is 1040. The van der Waals surface area contributed by atoms with E-state index >= 15 is 0 Å². The van der Waals surface area contributed by atoms with Crippen LogP contribution in [0.3, 0.4) is 0 Å². The number of aryl methyl sites for hydroxylation is 1. The summed E-state index contributed by atoms with van der Waals surface area (Å²) < 4.78 is 6.72. The second-order valence-corrected chi connectivity index (χ2v) is 6.28. The van der Waals surface area contributed by atoms with E-state index in [1.165, 1.54) is 0 Å². The fourth-order valence-electron chi connectivity index (χ4n) is 3.05. The monoisotopic (exact) mass is 380 g/mol. The van der Waals surface area contributed by atoms with E-state index in [2.05, 4.69) is 10.4 Å². The number of nitrogens with zero attached hydrogens (tertiary/aromatic N) is 3. The van der Waals surface area contributed by atoms with Crippen molar-refractivity contribution in [2.24, 2.45) is 0 Å². The summed E-state index contributed by atoms with van der Waals surface area (Å²) in [4.78, 5) is 23.6. The van der Waals surface area contributed by atoms with Gasteiger partial charge in [-0.25, -0.2) is 0 Å². The normalized spacial score (nSPS) is 10.5. The number of benzene rings is 2. The minimum atomic E-state index is -0.435. The molecule has 0 aliphatic carbocycles. The molecule has 1 heterocycles. The number of anilines is 1. The van der Waals surface area contributed by atoms with Crippen LogP contribution in [-0.4, -0.2) is 27.7 Å². The molecule has 8 heteroatoms. The number of aromatic nitrogens is 2. The lowest BCUT2D eigenvalue weighted by Gasteiger charge is -2.12. The number of hydrogen-bond acceptors (Lipinski definition) is 5. The topological polar surface area (TPSA) is 99.3 Å². The van der Waals surface area contributed by atoms with Gasteiger partial charge < -0.3 is 10.1 Å². The lowest BCUT2D eigenvalue weighted by molar-refractivity contribution is -0.386. The number of ether oxygens (including phenoxy) is 1. The second kappa shape index (κ2) is 7.91. The van der Waals surface area contributed by atoms with Crippen LogP contribution in [0, 0.1) is 24.0 Å². The molecule has 0 saturated heterocycles. The quantitative estimate of drug-likeness (QED) is 0.519. The van der Waals surface area contributed by atoms with Crippen molar-refractivity contribution in [3.8, 4) is 5.75 Å². The fraction of sp³-hybridized carbons (Fsp3) is 0.200. The Morgan fingerprint density at radius 2 is 1.96 bits per heavy atom. The van der Waals surface area contributed by atoms with Gasteiger partial charge in [-0.1, -0.05) is 24.3 Å². The summed E-state index contributed by atoms with van der Waals surface area (Å²) in [6, 6.07) is 14.2. The van der Waals surface area contributed by atoms with Crippen molar-refractivity contribution in [1.82, 2.24) is 9.78 Å². The molecular formula is C20H20N4O4. The smallest absolute Gasteiger partial charge is 0.312 e. The maximum absolute atomic E-state index is 12.8. The van der Waals surface area contributed by atoms with Gasteiger partial charge in [0.25, 0.3) is 5.91 Å². The van der Waals surface area contributed by atoms with Crippen LogP contribution in [-0.2, 0) is 6.54 Å². The standard InChI is InChI=1S/C20H20N4O4/c1-13-19(24(26)27)14(2)23(22-13)12-15-7-4-5-10-18(15)20(25)21-16-8-6-9-17(11-16)28-3/h4-11H,12H2,1-3H3,(H,21,25). The molecule has 1 N–H and O–H groups in total. The highest BCUT2D eigenvalue weighted by Crippen LogP contribution is 2.24. The zero-order chi connectivity index (χ0) is 20.3. The SMILES string of the molecule is COc1cccc(NC(=O)c2ccccc2Cn2nc(C)c([N+](=O)[O-])c2C)c1. The first-order valence-corrected chi connectivity index (χ1v) is 8.62. The molecule has 144 valence electrons. The predicted octanol–water partition coefficient (Wildman–Crippen LogP) is 3.72. The molecule has 0 bridgehead atoms. The van der Waals surface area contributed by atoms with Crippen LogP contribution in [0.5, 0.6) is 5.75 Å². The maximum atomic E-state index is 12.8. The third kappa shape index (κ3) is 3.85. The summed E-state index contributed by atoms with van der Waals surface area (Å²) in [5.41, 5.74) is 2.59. The molecule has 3 rings (SSSR count). The van der Waals surface area contributed by atoms with Gasteiger partial charge >= 0.3 is 5.69 Å². The number of nitro groups is 1. The Labute approximate surface area is 161 Å². The molecule has 0 atom stereocenters. The van der Waals surface area contributed by atoms with E-state index in [-0.39, 0.29) is 18.1 Å². The van der Waals surface area contributed by atoms with Crippen LogP contribution in [0.1, 0.15) is 27.3 Å². The molecule has 0 aliphatic heterocycles. The fourth-order valence-corrected chi connectivity index (χ4v) is 3.05. The minimum absolute atomic E-state index is 0.00156. The van der Waals surface area contributed by atoms with Crippen molar-refractivity contribution >= 4 is 17.3 Å². The zero-order valence-electron chi connectivity index (χ0n) is 15.8. The summed E-state index contributed by atoms with van der Waals surface area (Å²) in [6.45, 7) is 3.50. The van der Waals surface area contributed by atoms with Crippen molar-refractivity contribution in [2.45, 2.75) is 20.4 Å². The van der Waals surface area contributed by atoms with Gasteiger partial charge in [-0.3, -0.25) is 19.6 Å². The average Bonchev–Trinajstić information content (AvgIpc) is 2.95. The Morgan fingerprint density at radius 3 is 2.64 bits per heavy atom. The highest BCUT2D eigenvalue weighted by Gasteiger charge is 2.22. The van der Waals surface area contributed by atoms with Crippen molar-refractivity contribution in [2.75, 3.05) is 12.4 Å². The molecular weight excluding hydrogens is 360 g/mol. The molecule has 3 aromatic rings. The van der Waals surface area contributed by atoms with Gasteiger partial charge in [-0.2, -0.15) is 5.10 Å². The van der Waals surface area contributed by atoms with Crippen LogP contribution in [0.25, 0.3) is 0 Å². The summed E-state index contributed by atoms with van der Waals surface area (Å²) in [6.07, 6.45) is 0. The van der Waals surface area contributed by atoms with E-state index in [0.29, 0.717) is 34.0 Å². The van der Waals surface area contributed by atoms with Crippen molar-refractivity contribution in [3.05, 3.63) is 81.2 Å². The van der Waals surface area contributed by atoms with Crippen LogP contribution in [0.4, 0.5) is 11.4 Å². The largest absolute Gasteiger partial charge is 0.497 e. The summed E-state index contributed by atoms with van der Waals surface area (Å²) in [5.74, 6) is 0.362. The molecule has 0 aliphatic rings. The number of nitrogens with one attached hydrogen (secondary N) is 1. The highest BCUT2D eigenvalue weighted by molar-refractivity contribution is 6.05. The molecule has 8 nitrogen and oxygen atoms in total. The van der Waals surface area contributed by atoms with Gasteiger partial charge in [0.1, 0.15) is 17.1 Å². The molecule has 0 spiro atoms. The molecule has 0 fully saturated rings. The molecule has 0 saturated carbocycles. The Morgan fingerprint density at radius 1 is 1.21 bits per heavy atom. The van der Waals surface area contributed by atoms with Gasteiger partial charge in [0, 0.05) is 17.3 Å². The molecule has 1 aromatic heterocycles. The molecule has 0 radical (unpaired) electrons. The van der Waals surface area contributed by atoms with E-state index in [1.807, 2.05) is 12.1 Å². The molecule has 28 heavy (non-hydrogen) atoms. The Kier molecular flexibility index (Phi) is 5.39.